The number of nitrogens with one attached hydrogen (secondary N) is 1. The summed E-state index contributed by atoms with van der Waals surface area (Å²) in [7, 11) is 3.26. The molecule has 6 nitrogen and oxygen atoms in total. The van der Waals surface area contributed by atoms with Gasteiger partial charge in [0.2, 0.25) is 5.91 Å². The zero-order chi connectivity index (χ0) is 22.5. The molecule has 3 aromatic carbocycles. The molecule has 6 heteroatoms. The molecule has 0 bridgehead atoms. The van der Waals surface area contributed by atoms with E-state index in [0.717, 1.165) is 24.1 Å². The minimum Gasteiger partial charge on any atom is -0.493 e. The van der Waals surface area contributed by atoms with Gasteiger partial charge in [-0.1, -0.05) is 42.5 Å². The van der Waals surface area contributed by atoms with Crippen LogP contribution in [0.3, 0.4) is 0 Å². The summed E-state index contributed by atoms with van der Waals surface area (Å²) in [5.74, 6) is 1.22. The fourth-order valence-corrected chi connectivity index (χ4v) is 4.26. The van der Waals surface area contributed by atoms with Gasteiger partial charge in [0.25, 0.3) is 0 Å². The van der Waals surface area contributed by atoms with Crippen molar-refractivity contribution >= 4 is 11.6 Å². The van der Waals surface area contributed by atoms with Crippen molar-refractivity contribution in [2.24, 2.45) is 0 Å². The van der Waals surface area contributed by atoms with E-state index in [0.29, 0.717) is 22.7 Å². The molecule has 0 radical (unpaired) electrons. The van der Waals surface area contributed by atoms with Crippen LogP contribution in [-0.2, 0) is 11.2 Å². The Bertz CT molecular complexity index is 1150. The number of carbonyl (C=O) groups is 1. The van der Waals surface area contributed by atoms with Gasteiger partial charge in [0, 0.05) is 6.54 Å². The van der Waals surface area contributed by atoms with E-state index in [1.54, 1.807) is 38.5 Å². The number of para-hydroxylation sites is 1. The summed E-state index contributed by atoms with van der Waals surface area (Å²) in [5, 5.41) is 12.2. The topological polar surface area (TPSA) is 74.6 Å². The summed E-state index contributed by atoms with van der Waals surface area (Å²) in [5.41, 5.74) is 4.36. The van der Waals surface area contributed by atoms with Crippen molar-refractivity contribution in [3.8, 4) is 17.6 Å². The molecule has 0 aromatic heterocycles. The van der Waals surface area contributed by atoms with Crippen LogP contribution in [0, 0.1) is 11.3 Å². The van der Waals surface area contributed by atoms with Crippen LogP contribution in [-0.4, -0.2) is 38.1 Å². The highest BCUT2D eigenvalue weighted by Crippen LogP contribution is 2.40. The SMILES string of the molecule is COc1cc2c(cc1OC)[C@@H](c1ccccc1)N(CC(=O)Nc1ccccc1C#N)CC2. The van der Waals surface area contributed by atoms with E-state index in [4.69, 9.17) is 9.47 Å². The average molecular weight is 428 g/mol. The van der Waals surface area contributed by atoms with E-state index >= 15 is 0 Å². The van der Waals surface area contributed by atoms with Gasteiger partial charge < -0.3 is 14.8 Å². The van der Waals surface area contributed by atoms with Crippen LogP contribution in [0.4, 0.5) is 5.69 Å². The maximum atomic E-state index is 13.0. The molecular formula is C26H25N3O3. The molecular weight excluding hydrogens is 402 g/mol. The normalized spacial score (nSPS) is 15.3. The Morgan fingerprint density at radius 2 is 1.75 bits per heavy atom. The van der Waals surface area contributed by atoms with Crippen LogP contribution in [0.5, 0.6) is 11.5 Å². The van der Waals surface area contributed by atoms with Crippen molar-refractivity contribution in [3.63, 3.8) is 0 Å². The molecule has 1 heterocycles. The van der Waals surface area contributed by atoms with Gasteiger partial charge in [0.15, 0.2) is 11.5 Å². The number of ether oxygens (including phenoxy) is 2. The predicted molar refractivity (Wildman–Crippen MR) is 123 cm³/mol. The number of nitrogens with zero attached hydrogens (tertiary/aromatic N) is 2. The summed E-state index contributed by atoms with van der Waals surface area (Å²) >= 11 is 0. The van der Waals surface area contributed by atoms with Crippen molar-refractivity contribution in [2.45, 2.75) is 12.5 Å². The molecule has 1 amide bonds. The second-order valence-corrected chi connectivity index (χ2v) is 7.65. The van der Waals surface area contributed by atoms with Crippen molar-refractivity contribution < 1.29 is 14.3 Å². The number of methoxy groups -OCH3 is 2. The Balaban J connectivity index is 1.66. The van der Waals surface area contributed by atoms with Crippen LogP contribution < -0.4 is 14.8 Å². The molecule has 162 valence electrons. The number of nitriles is 1. The number of hydrogen-bond acceptors (Lipinski definition) is 5. The minimum atomic E-state index is -0.155. The first-order valence-electron chi connectivity index (χ1n) is 10.5. The van der Waals surface area contributed by atoms with Gasteiger partial charge in [-0.3, -0.25) is 9.69 Å². The van der Waals surface area contributed by atoms with E-state index in [1.807, 2.05) is 30.3 Å². The molecule has 0 spiro atoms. The third kappa shape index (κ3) is 4.29. The highest BCUT2D eigenvalue weighted by atomic mass is 16.5. The predicted octanol–water partition coefficient (Wildman–Crippen LogP) is 4.16. The number of anilines is 1. The third-order valence-electron chi connectivity index (χ3n) is 5.76. The van der Waals surface area contributed by atoms with Gasteiger partial charge in [-0.25, -0.2) is 0 Å². The number of fused-ring (bicyclic) bond motifs is 1. The van der Waals surface area contributed by atoms with E-state index in [2.05, 4.69) is 28.4 Å². The zero-order valence-electron chi connectivity index (χ0n) is 18.2. The lowest BCUT2D eigenvalue weighted by Crippen LogP contribution is -2.41. The monoisotopic (exact) mass is 427 g/mol. The van der Waals surface area contributed by atoms with Crippen LogP contribution in [0.15, 0.2) is 66.7 Å². The van der Waals surface area contributed by atoms with Crippen molar-refractivity contribution in [2.75, 3.05) is 32.6 Å². The van der Waals surface area contributed by atoms with Crippen LogP contribution >= 0.6 is 0 Å². The average Bonchev–Trinajstić information content (AvgIpc) is 2.83. The number of benzene rings is 3. The highest BCUT2D eigenvalue weighted by Gasteiger charge is 2.31. The Kier molecular flexibility index (Phi) is 6.39. The lowest BCUT2D eigenvalue weighted by Gasteiger charge is -2.37. The second kappa shape index (κ2) is 9.54. The summed E-state index contributed by atoms with van der Waals surface area (Å²) in [6, 6.07) is 23.2. The Morgan fingerprint density at radius 1 is 1.06 bits per heavy atom. The van der Waals surface area contributed by atoms with Gasteiger partial charge >= 0.3 is 0 Å². The number of rotatable bonds is 6. The van der Waals surface area contributed by atoms with Gasteiger partial charge in [-0.05, 0) is 47.4 Å². The molecule has 32 heavy (non-hydrogen) atoms. The molecule has 1 N–H and O–H groups in total. The maximum absolute atomic E-state index is 13.0. The zero-order valence-corrected chi connectivity index (χ0v) is 18.2. The van der Waals surface area contributed by atoms with E-state index < -0.39 is 0 Å². The first-order valence-corrected chi connectivity index (χ1v) is 10.5. The fourth-order valence-electron chi connectivity index (χ4n) is 4.26. The Hall–Kier alpha value is -3.82. The van der Waals surface area contributed by atoms with Crippen LogP contribution in [0.1, 0.15) is 28.3 Å². The summed E-state index contributed by atoms with van der Waals surface area (Å²) < 4.78 is 11.0. The Morgan fingerprint density at radius 3 is 2.47 bits per heavy atom. The number of amides is 1. The van der Waals surface area contributed by atoms with Gasteiger partial charge in [-0.15, -0.1) is 0 Å². The van der Waals surface area contributed by atoms with Gasteiger partial charge in [0.05, 0.1) is 38.1 Å². The first kappa shape index (κ1) is 21.4. The number of carbonyl (C=O) groups excluding carboxylic acids is 1. The summed E-state index contributed by atoms with van der Waals surface area (Å²) in [6.45, 7) is 0.919. The van der Waals surface area contributed by atoms with Crippen LogP contribution in [0.2, 0.25) is 0 Å². The van der Waals surface area contributed by atoms with E-state index in [9.17, 15) is 10.1 Å². The molecule has 1 atom stereocenters. The molecule has 0 aliphatic carbocycles. The lowest BCUT2D eigenvalue weighted by molar-refractivity contribution is -0.117. The maximum Gasteiger partial charge on any atom is 0.238 e. The molecule has 0 unspecified atom stereocenters. The quantitative estimate of drug-likeness (QED) is 0.639. The molecule has 4 rings (SSSR count). The summed E-state index contributed by atoms with van der Waals surface area (Å²) in [6.07, 6.45) is 0.793. The number of hydrogen-bond donors (Lipinski definition) is 1. The van der Waals surface area contributed by atoms with Crippen molar-refractivity contribution in [1.29, 1.82) is 5.26 Å². The molecule has 1 aliphatic heterocycles. The van der Waals surface area contributed by atoms with Crippen molar-refractivity contribution in [3.05, 3.63) is 89.0 Å². The first-order chi connectivity index (χ1) is 15.6. The summed E-state index contributed by atoms with van der Waals surface area (Å²) in [4.78, 5) is 15.1. The van der Waals surface area contributed by atoms with Crippen LogP contribution in [0.25, 0.3) is 0 Å². The fraction of sp³-hybridized carbons (Fsp3) is 0.231. The molecule has 3 aromatic rings. The minimum absolute atomic E-state index is 0.100. The molecule has 0 saturated heterocycles. The van der Waals surface area contributed by atoms with E-state index in [1.165, 1.54) is 5.56 Å². The van der Waals surface area contributed by atoms with Crippen molar-refractivity contribution in [1.82, 2.24) is 4.90 Å². The molecule has 1 aliphatic rings. The highest BCUT2D eigenvalue weighted by molar-refractivity contribution is 5.93. The third-order valence-corrected chi connectivity index (χ3v) is 5.76. The van der Waals surface area contributed by atoms with Gasteiger partial charge in [-0.2, -0.15) is 5.26 Å². The van der Waals surface area contributed by atoms with Gasteiger partial charge in [0.1, 0.15) is 6.07 Å². The molecule has 0 saturated carbocycles. The molecule has 0 fully saturated rings. The lowest BCUT2D eigenvalue weighted by atomic mass is 9.87. The smallest absolute Gasteiger partial charge is 0.238 e. The largest absolute Gasteiger partial charge is 0.493 e. The van der Waals surface area contributed by atoms with E-state index in [-0.39, 0.29) is 18.5 Å². The standard InChI is InChI=1S/C26H25N3O3/c1-31-23-14-19-12-13-29(17-25(30)28-22-11-7-6-10-20(22)16-27)26(18-8-4-3-5-9-18)21(19)15-24(23)32-2/h3-11,14-15,26H,12-13,17H2,1-2H3,(H,28,30)/t26-/m1/s1. The Labute approximate surface area is 188 Å². The second-order valence-electron chi connectivity index (χ2n) is 7.65.